The molecule has 0 radical (unpaired) electrons. The number of aromatic carboxylic acids is 1. The average Bonchev–Trinajstić information content (AvgIpc) is 3.37. The molecule has 1 heterocycles. The fourth-order valence-electron chi connectivity index (χ4n) is 4.70. The molecule has 3 aromatic carbocycles. The average molecular weight is 470 g/mol. The largest absolute Gasteiger partial charge is 0.478 e. The van der Waals surface area contributed by atoms with Crippen LogP contribution >= 0.6 is 11.3 Å². The van der Waals surface area contributed by atoms with Crippen molar-refractivity contribution in [2.75, 3.05) is 11.9 Å². The van der Waals surface area contributed by atoms with Crippen LogP contribution in [0.5, 0.6) is 0 Å². The summed E-state index contributed by atoms with van der Waals surface area (Å²) in [4.78, 5) is 24.8. The Morgan fingerprint density at radius 1 is 0.912 bits per heavy atom. The number of amides is 1. The molecule has 0 bridgehead atoms. The molecule has 1 amide bonds. The van der Waals surface area contributed by atoms with E-state index in [9.17, 15) is 14.7 Å². The molecular formula is C28H23NO4S. The van der Waals surface area contributed by atoms with E-state index in [0.29, 0.717) is 5.56 Å². The summed E-state index contributed by atoms with van der Waals surface area (Å²) in [5, 5.41) is 14.6. The Bertz CT molecular complexity index is 1380. The Labute approximate surface area is 201 Å². The van der Waals surface area contributed by atoms with Gasteiger partial charge in [0.1, 0.15) is 17.2 Å². The number of hydrogen-bond acceptors (Lipinski definition) is 4. The van der Waals surface area contributed by atoms with Crippen molar-refractivity contribution >= 4 is 28.4 Å². The molecule has 170 valence electrons. The molecule has 4 aromatic rings. The van der Waals surface area contributed by atoms with Crippen molar-refractivity contribution in [3.8, 4) is 22.3 Å². The van der Waals surface area contributed by atoms with E-state index in [2.05, 4.69) is 29.6 Å². The molecule has 2 N–H and O–H groups in total. The van der Waals surface area contributed by atoms with E-state index in [1.54, 1.807) is 5.38 Å². The number of carbonyl (C=O) groups is 2. The van der Waals surface area contributed by atoms with Gasteiger partial charge >= 0.3 is 12.1 Å². The number of carboxylic acids is 1. The van der Waals surface area contributed by atoms with Gasteiger partial charge in [-0.1, -0.05) is 72.3 Å². The zero-order chi connectivity index (χ0) is 23.8. The quantitative estimate of drug-likeness (QED) is 0.327. The van der Waals surface area contributed by atoms with Crippen LogP contribution in [-0.4, -0.2) is 23.8 Å². The molecule has 5 rings (SSSR count). The van der Waals surface area contributed by atoms with Gasteiger partial charge in [-0.05, 0) is 47.2 Å². The van der Waals surface area contributed by atoms with Gasteiger partial charge < -0.3 is 9.84 Å². The number of ether oxygens (including phenoxy) is 1. The Balaban J connectivity index is 1.36. The molecule has 1 aliphatic rings. The van der Waals surface area contributed by atoms with E-state index in [4.69, 9.17) is 4.74 Å². The second kappa shape index (κ2) is 8.80. The van der Waals surface area contributed by atoms with E-state index < -0.39 is 12.1 Å². The normalized spacial score (nSPS) is 12.2. The van der Waals surface area contributed by atoms with Gasteiger partial charge in [-0.2, -0.15) is 0 Å². The van der Waals surface area contributed by atoms with Gasteiger partial charge in [-0.25, -0.2) is 9.59 Å². The summed E-state index contributed by atoms with van der Waals surface area (Å²) >= 11 is 1.18. The molecule has 5 nitrogen and oxygen atoms in total. The predicted octanol–water partition coefficient (Wildman–Crippen LogP) is 7.09. The molecule has 0 spiro atoms. The minimum absolute atomic E-state index is 0.0637. The molecule has 0 saturated carbocycles. The molecule has 6 heteroatoms. The zero-order valence-corrected chi connectivity index (χ0v) is 19.6. The maximum atomic E-state index is 12.7. The first-order valence-electron chi connectivity index (χ1n) is 11.0. The lowest BCUT2D eigenvalue weighted by molar-refractivity contribution is 0.0699. The first-order chi connectivity index (χ1) is 16.4. The second-order valence-corrected chi connectivity index (χ2v) is 9.31. The lowest BCUT2D eigenvalue weighted by Gasteiger charge is -2.14. The summed E-state index contributed by atoms with van der Waals surface area (Å²) in [5.41, 5.74) is 8.12. The highest BCUT2D eigenvalue weighted by atomic mass is 32.1. The number of carboxylic acid groups (broad SMARTS) is 1. The smallest absolute Gasteiger partial charge is 0.412 e. The van der Waals surface area contributed by atoms with Crippen LogP contribution in [0.15, 0.2) is 72.1 Å². The monoisotopic (exact) mass is 469 g/mol. The van der Waals surface area contributed by atoms with Gasteiger partial charge in [0.05, 0.1) is 0 Å². The van der Waals surface area contributed by atoms with Crippen LogP contribution in [0.3, 0.4) is 0 Å². The molecule has 0 unspecified atom stereocenters. The van der Waals surface area contributed by atoms with Crippen molar-refractivity contribution < 1.29 is 19.4 Å². The van der Waals surface area contributed by atoms with Crippen molar-refractivity contribution in [3.63, 3.8) is 0 Å². The fraction of sp³-hybridized carbons (Fsp3) is 0.143. The molecular weight excluding hydrogens is 446 g/mol. The highest BCUT2D eigenvalue weighted by Crippen LogP contribution is 2.44. The minimum atomic E-state index is -1.09. The van der Waals surface area contributed by atoms with Gasteiger partial charge in [0, 0.05) is 16.9 Å². The summed E-state index contributed by atoms with van der Waals surface area (Å²) in [6, 6.07) is 22.1. The van der Waals surface area contributed by atoms with E-state index in [-0.39, 0.29) is 23.1 Å². The van der Waals surface area contributed by atoms with E-state index in [1.807, 2.05) is 56.3 Å². The number of nitrogens with one attached hydrogen (secondary N) is 1. The maximum absolute atomic E-state index is 12.7. The fourth-order valence-corrected chi connectivity index (χ4v) is 5.64. The van der Waals surface area contributed by atoms with Gasteiger partial charge in [-0.15, -0.1) is 11.3 Å². The lowest BCUT2D eigenvalue weighted by Crippen LogP contribution is -2.18. The van der Waals surface area contributed by atoms with Crippen molar-refractivity contribution in [1.82, 2.24) is 0 Å². The highest BCUT2D eigenvalue weighted by Gasteiger charge is 2.29. The SMILES string of the molecule is Cc1ccc(-c2csc(NC(=O)OCC3c4ccccc4-c4ccccc43)c2C(=O)O)c(C)c1. The molecule has 1 aliphatic carbocycles. The number of rotatable bonds is 5. The van der Waals surface area contributed by atoms with Crippen molar-refractivity contribution in [2.45, 2.75) is 19.8 Å². The number of fused-ring (bicyclic) bond motifs is 3. The summed E-state index contributed by atoms with van der Waals surface area (Å²) in [5.74, 6) is -1.16. The van der Waals surface area contributed by atoms with Crippen molar-refractivity contribution in [2.24, 2.45) is 0 Å². The second-order valence-electron chi connectivity index (χ2n) is 8.43. The summed E-state index contributed by atoms with van der Waals surface area (Å²) < 4.78 is 5.60. The number of anilines is 1. The van der Waals surface area contributed by atoms with Crippen LogP contribution < -0.4 is 5.32 Å². The zero-order valence-electron chi connectivity index (χ0n) is 18.8. The first kappa shape index (κ1) is 21.9. The molecule has 34 heavy (non-hydrogen) atoms. The highest BCUT2D eigenvalue weighted by molar-refractivity contribution is 7.15. The Morgan fingerprint density at radius 3 is 2.18 bits per heavy atom. The number of thiophene rings is 1. The Hall–Kier alpha value is -3.90. The molecule has 0 saturated heterocycles. The number of carbonyl (C=O) groups excluding carboxylic acids is 1. The molecule has 0 atom stereocenters. The van der Waals surface area contributed by atoms with Crippen LogP contribution in [0.2, 0.25) is 0 Å². The van der Waals surface area contributed by atoms with Crippen LogP contribution in [0.4, 0.5) is 9.80 Å². The van der Waals surface area contributed by atoms with Crippen molar-refractivity contribution in [1.29, 1.82) is 0 Å². The van der Waals surface area contributed by atoms with Crippen molar-refractivity contribution in [3.05, 3.63) is 99.9 Å². The first-order valence-corrected chi connectivity index (χ1v) is 11.9. The molecule has 0 aliphatic heterocycles. The summed E-state index contributed by atoms with van der Waals surface area (Å²) in [6.45, 7) is 4.11. The summed E-state index contributed by atoms with van der Waals surface area (Å²) in [7, 11) is 0. The van der Waals surface area contributed by atoms with Crippen LogP contribution in [-0.2, 0) is 4.74 Å². The van der Waals surface area contributed by atoms with E-state index >= 15 is 0 Å². The minimum Gasteiger partial charge on any atom is -0.478 e. The third-order valence-electron chi connectivity index (χ3n) is 6.24. The van der Waals surface area contributed by atoms with Crippen LogP contribution in [0.1, 0.15) is 38.5 Å². The third-order valence-corrected chi connectivity index (χ3v) is 7.13. The predicted molar refractivity (Wildman–Crippen MR) is 135 cm³/mol. The van der Waals surface area contributed by atoms with Crippen LogP contribution in [0, 0.1) is 13.8 Å². The topological polar surface area (TPSA) is 75.6 Å². The third kappa shape index (κ3) is 3.86. The number of aryl methyl sites for hydroxylation is 2. The number of benzene rings is 3. The maximum Gasteiger partial charge on any atom is 0.412 e. The molecule has 1 aromatic heterocycles. The molecule has 0 fully saturated rings. The van der Waals surface area contributed by atoms with Crippen LogP contribution in [0.25, 0.3) is 22.3 Å². The Kier molecular flexibility index (Phi) is 5.67. The standard InChI is InChI=1S/C28H23NO4S/c1-16-11-12-18(17(2)13-16)24-15-34-26(25(24)27(30)31)29-28(32)33-14-23-21-9-5-3-7-19(21)20-8-4-6-10-22(20)23/h3-13,15,23H,14H2,1-2H3,(H,29,32)(H,30,31). The van der Waals surface area contributed by atoms with E-state index in [0.717, 1.165) is 38.9 Å². The number of hydrogen-bond donors (Lipinski definition) is 2. The van der Waals surface area contributed by atoms with Gasteiger partial charge in [0.2, 0.25) is 0 Å². The van der Waals surface area contributed by atoms with Gasteiger partial charge in [-0.3, -0.25) is 5.32 Å². The Morgan fingerprint density at radius 2 is 1.56 bits per heavy atom. The lowest BCUT2D eigenvalue weighted by atomic mass is 9.98. The van der Waals surface area contributed by atoms with Gasteiger partial charge in [0.25, 0.3) is 0 Å². The summed E-state index contributed by atoms with van der Waals surface area (Å²) in [6.07, 6.45) is -0.668. The van der Waals surface area contributed by atoms with E-state index in [1.165, 1.54) is 11.3 Å². The van der Waals surface area contributed by atoms with Gasteiger partial charge in [0.15, 0.2) is 0 Å².